The van der Waals surface area contributed by atoms with Crippen molar-refractivity contribution >= 4 is 29.0 Å². The standard InChI is InChI=1S/C17H18N2O3S/c1-11-8-9-14(10-12(11)2)23-13(3)17(20)18-15-6-4-5-7-16(15)19(21)22/h4-10,13H,1-3H3,(H,18,20). The van der Waals surface area contributed by atoms with E-state index < -0.39 is 4.92 Å². The summed E-state index contributed by atoms with van der Waals surface area (Å²) in [5.41, 5.74) is 2.48. The molecule has 1 atom stereocenters. The van der Waals surface area contributed by atoms with Crippen molar-refractivity contribution in [2.45, 2.75) is 30.9 Å². The molecular weight excluding hydrogens is 312 g/mol. The number of carbonyl (C=O) groups is 1. The van der Waals surface area contributed by atoms with E-state index in [2.05, 4.69) is 5.32 Å². The zero-order valence-corrected chi connectivity index (χ0v) is 14.0. The number of hydrogen-bond acceptors (Lipinski definition) is 4. The van der Waals surface area contributed by atoms with Gasteiger partial charge in [-0.05, 0) is 50.1 Å². The van der Waals surface area contributed by atoms with Gasteiger partial charge in [-0.2, -0.15) is 0 Å². The summed E-state index contributed by atoms with van der Waals surface area (Å²) >= 11 is 1.43. The molecular formula is C17H18N2O3S. The Labute approximate surface area is 139 Å². The molecule has 120 valence electrons. The van der Waals surface area contributed by atoms with E-state index in [0.717, 1.165) is 4.90 Å². The summed E-state index contributed by atoms with van der Waals surface area (Å²) in [6.45, 7) is 5.84. The monoisotopic (exact) mass is 330 g/mol. The highest BCUT2D eigenvalue weighted by Gasteiger charge is 2.19. The van der Waals surface area contributed by atoms with Crippen LogP contribution >= 0.6 is 11.8 Å². The number of amides is 1. The van der Waals surface area contributed by atoms with Crippen LogP contribution in [-0.4, -0.2) is 16.1 Å². The predicted octanol–water partition coefficient (Wildman–Crippen LogP) is 4.33. The van der Waals surface area contributed by atoms with Crippen molar-refractivity contribution in [3.05, 3.63) is 63.7 Å². The van der Waals surface area contributed by atoms with E-state index in [-0.39, 0.29) is 22.5 Å². The van der Waals surface area contributed by atoms with Crippen LogP contribution in [0.3, 0.4) is 0 Å². The number of benzene rings is 2. The Morgan fingerprint density at radius 3 is 2.52 bits per heavy atom. The Bertz CT molecular complexity index is 746. The minimum Gasteiger partial charge on any atom is -0.319 e. The van der Waals surface area contributed by atoms with E-state index in [1.807, 2.05) is 32.0 Å². The highest BCUT2D eigenvalue weighted by atomic mass is 32.2. The molecule has 0 aliphatic carbocycles. The minimum atomic E-state index is -0.503. The average Bonchev–Trinajstić information content (AvgIpc) is 2.51. The summed E-state index contributed by atoms with van der Waals surface area (Å²) in [7, 11) is 0. The van der Waals surface area contributed by atoms with Crippen molar-refractivity contribution < 1.29 is 9.72 Å². The summed E-state index contributed by atoms with van der Waals surface area (Å²) in [5, 5.41) is 13.3. The summed E-state index contributed by atoms with van der Waals surface area (Å²) in [6.07, 6.45) is 0. The van der Waals surface area contributed by atoms with Crippen molar-refractivity contribution in [1.29, 1.82) is 0 Å². The molecule has 1 unspecified atom stereocenters. The largest absolute Gasteiger partial charge is 0.319 e. The molecule has 0 fully saturated rings. The molecule has 2 rings (SSSR count). The lowest BCUT2D eigenvalue weighted by Gasteiger charge is -2.13. The van der Waals surface area contributed by atoms with Crippen LogP contribution in [0.25, 0.3) is 0 Å². The molecule has 1 N–H and O–H groups in total. The first-order valence-corrected chi connectivity index (χ1v) is 8.04. The van der Waals surface area contributed by atoms with Gasteiger partial charge in [-0.3, -0.25) is 14.9 Å². The first-order valence-electron chi connectivity index (χ1n) is 7.16. The number of anilines is 1. The van der Waals surface area contributed by atoms with Crippen molar-refractivity contribution in [2.75, 3.05) is 5.32 Å². The normalized spacial score (nSPS) is 11.8. The maximum absolute atomic E-state index is 12.3. The van der Waals surface area contributed by atoms with Crippen molar-refractivity contribution in [3.8, 4) is 0 Å². The van der Waals surface area contributed by atoms with Crippen LogP contribution in [-0.2, 0) is 4.79 Å². The van der Waals surface area contributed by atoms with E-state index in [4.69, 9.17) is 0 Å². The van der Waals surface area contributed by atoms with Crippen LogP contribution in [0, 0.1) is 24.0 Å². The van der Waals surface area contributed by atoms with Gasteiger partial charge in [0.15, 0.2) is 0 Å². The summed E-state index contributed by atoms with van der Waals surface area (Å²) in [5.74, 6) is -0.262. The molecule has 0 radical (unpaired) electrons. The zero-order chi connectivity index (χ0) is 17.0. The number of aryl methyl sites for hydroxylation is 2. The topological polar surface area (TPSA) is 72.2 Å². The summed E-state index contributed by atoms with van der Waals surface area (Å²) in [4.78, 5) is 23.8. The fraction of sp³-hybridized carbons (Fsp3) is 0.235. The molecule has 6 heteroatoms. The molecule has 0 spiro atoms. The number of nitro groups is 1. The zero-order valence-electron chi connectivity index (χ0n) is 13.2. The fourth-order valence-electron chi connectivity index (χ4n) is 2.02. The second-order valence-corrected chi connectivity index (χ2v) is 6.68. The lowest BCUT2D eigenvalue weighted by molar-refractivity contribution is -0.383. The number of carbonyl (C=O) groups excluding carboxylic acids is 1. The molecule has 2 aromatic carbocycles. The maximum atomic E-state index is 12.3. The number of para-hydroxylation sites is 2. The first-order chi connectivity index (χ1) is 10.9. The second-order valence-electron chi connectivity index (χ2n) is 5.27. The first kappa shape index (κ1) is 17.0. The molecule has 0 aromatic heterocycles. The van der Waals surface area contributed by atoms with Gasteiger partial charge in [-0.1, -0.05) is 18.2 Å². The molecule has 0 heterocycles. The molecule has 0 aliphatic rings. The van der Waals surface area contributed by atoms with Crippen LogP contribution in [0.1, 0.15) is 18.1 Å². The molecule has 2 aromatic rings. The number of thioether (sulfide) groups is 1. The number of nitrogens with one attached hydrogen (secondary N) is 1. The summed E-state index contributed by atoms with van der Waals surface area (Å²) in [6, 6.07) is 12.2. The van der Waals surface area contributed by atoms with Gasteiger partial charge in [-0.25, -0.2) is 0 Å². The van der Waals surface area contributed by atoms with E-state index >= 15 is 0 Å². The number of rotatable bonds is 5. The van der Waals surface area contributed by atoms with Crippen LogP contribution in [0.15, 0.2) is 47.4 Å². The van der Waals surface area contributed by atoms with Gasteiger partial charge < -0.3 is 5.32 Å². The number of hydrogen-bond donors (Lipinski definition) is 1. The van der Waals surface area contributed by atoms with Gasteiger partial charge in [0.1, 0.15) is 5.69 Å². The van der Waals surface area contributed by atoms with E-state index in [0.29, 0.717) is 0 Å². The molecule has 0 saturated heterocycles. The molecule has 1 amide bonds. The third-order valence-electron chi connectivity index (χ3n) is 3.52. The smallest absolute Gasteiger partial charge is 0.292 e. The van der Waals surface area contributed by atoms with Gasteiger partial charge in [0, 0.05) is 11.0 Å². The second kappa shape index (κ2) is 7.28. The lowest BCUT2D eigenvalue weighted by atomic mass is 10.1. The molecule has 0 bridgehead atoms. The Morgan fingerprint density at radius 2 is 1.87 bits per heavy atom. The minimum absolute atomic E-state index is 0.107. The Kier molecular flexibility index (Phi) is 5.39. The molecule has 0 aliphatic heterocycles. The van der Waals surface area contributed by atoms with E-state index in [9.17, 15) is 14.9 Å². The SMILES string of the molecule is Cc1ccc(SC(C)C(=O)Nc2ccccc2[N+](=O)[O-])cc1C. The third kappa shape index (κ3) is 4.32. The average molecular weight is 330 g/mol. The van der Waals surface area contributed by atoms with Gasteiger partial charge in [0.25, 0.3) is 5.69 Å². The highest BCUT2D eigenvalue weighted by Crippen LogP contribution is 2.28. The van der Waals surface area contributed by atoms with Crippen molar-refractivity contribution in [1.82, 2.24) is 0 Å². The third-order valence-corrected chi connectivity index (χ3v) is 4.61. The predicted molar refractivity (Wildman–Crippen MR) is 93.0 cm³/mol. The number of nitrogens with zero attached hydrogens (tertiary/aromatic N) is 1. The van der Waals surface area contributed by atoms with E-state index in [1.54, 1.807) is 19.1 Å². The van der Waals surface area contributed by atoms with Crippen LogP contribution in [0.4, 0.5) is 11.4 Å². The van der Waals surface area contributed by atoms with Gasteiger partial charge in [-0.15, -0.1) is 11.8 Å². The number of nitro benzene ring substituents is 1. The molecule has 5 nitrogen and oxygen atoms in total. The Morgan fingerprint density at radius 1 is 1.17 bits per heavy atom. The quantitative estimate of drug-likeness (QED) is 0.503. The van der Waals surface area contributed by atoms with Gasteiger partial charge in [0.2, 0.25) is 5.91 Å². The molecule has 23 heavy (non-hydrogen) atoms. The van der Waals surface area contributed by atoms with Gasteiger partial charge in [0.05, 0.1) is 10.2 Å². The maximum Gasteiger partial charge on any atom is 0.292 e. The fourth-order valence-corrected chi connectivity index (χ4v) is 2.98. The lowest BCUT2D eigenvalue weighted by Crippen LogP contribution is -2.22. The molecule has 0 saturated carbocycles. The highest BCUT2D eigenvalue weighted by molar-refractivity contribution is 8.00. The van der Waals surface area contributed by atoms with E-state index in [1.165, 1.54) is 35.0 Å². The Balaban J connectivity index is 2.08. The van der Waals surface area contributed by atoms with Gasteiger partial charge >= 0.3 is 0 Å². The van der Waals surface area contributed by atoms with Crippen molar-refractivity contribution in [3.63, 3.8) is 0 Å². The van der Waals surface area contributed by atoms with Crippen molar-refractivity contribution in [2.24, 2.45) is 0 Å². The van der Waals surface area contributed by atoms with Crippen LogP contribution in [0.5, 0.6) is 0 Å². The van der Waals surface area contributed by atoms with Crippen LogP contribution < -0.4 is 5.32 Å². The summed E-state index contributed by atoms with van der Waals surface area (Å²) < 4.78 is 0. The van der Waals surface area contributed by atoms with Crippen LogP contribution in [0.2, 0.25) is 0 Å². The Hall–Kier alpha value is -2.34.